The summed E-state index contributed by atoms with van der Waals surface area (Å²) in [6.07, 6.45) is 4.50. The van der Waals surface area contributed by atoms with E-state index in [0.29, 0.717) is 18.7 Å². The Morgan fingerprint density at radius 3 is 2.81 bits per heavy atom. The minimum absolute atomic E-state index is 0.0570. The number of piperidine rings is 1. The zero-order valence-corrected chi connectivity index (χ0v) is 17.0. The van der Waals surface area contributed by atoms with Crippen LogP contribution in [0.4, 0.5) is 5.69 Å². The molecule has 0 bridgehead atoms. The number of anilines is 1. The molecule has 2 amide bonds. The van der Waals surface area contributed by atoms with E-state index in [2.05, 4.69) is 22.4 Å². The Hall–Kier alpha value is -3.80. The average molecular weight is 413 g/mol. The number of para-hydroxylation sites is 1. The molecule has 3 heterocycles. The highest BCUT2D eigenvalue weighted by atomic mass is 16.3. The van der Waals surface area contributed by atoms with Crippen molar-refractivity contribution < 1.29 is 14.0 Å². The van der Waals surface area contributed by atoms with Crippen molar-refractivity contribution in [2.75, 3.05) is 18.4 Å². The van der Waals surface area contributed by atoms with Gasteiger partial charge in [0.15, 0.2) is 0 Å². The van der Waals surface area contributed by atoms with Crippen LogP contribution in [0.1, 0.15) is 23.2 Å². The zero-order valence-electron chi connectivity index (χ0n) is 17.0. The van der Waals surface area contributed by atoms with Crippen LogP contribution < -0.4 is 5.32 Å². The molecule has 0 saturated carbocycles. The van der Waals surface area contributed by atoms with Crippen LogP contribution in [0.5, 0.6) is 0 Å². The molecular formula is C25H23N3O3. The number of carbonyl (C=O) groups is 2. The monoisotopic (exact) mass is 413 g/mol. The summed E-state index contributed by atoms with van der Waals surface area (Å²) in [5, 5.41) is 4.19. The van der Waals surface area contributed by atoms with Gasteiger partial charge in [0.05, 0.1) is 17.7 Å². The standard InChI is InChI=1S/C25H23N3O3/c29-24(19-7-4-11-28(15-19)25(30)20-10-12-31-16-20)26-21-8-3-6-17(13-21)23-14-18-5-1-2-9-22(18)27-23/h1-3,5-6,8-10,12-14,16,19,27H,4,7,11,15H2,(H,26,29). The molecule has 6 nitrogen and oxygen atoms in total. The molecule has 4 aromatic rings. The van der Waals surface area contributed by atoms with Crippen molar-refractivity contribution in [3.05, 3.63) is 78.8 Å². The van der Waals surface area contributed by atoms with E-state index >= 15 is 0 Å². The highest BCUT2D eigenvalue weighted by Gasteiger charge is 2.29. The van der Waals surface area contributed by atoms with Crippen molar-refractivity contribution in [2.45, 2.75) is 12.8 Å². The number of benzene rings is 2. The van der Waals surface area contributed by atoms with Crippen LogP contribution in [0.15, 0.2) is 77.6 Å². The minimum Gasteiger partial charge on any atom is -0.472 e. The fourth-order valence-corrected chi connectivity index (χ4v) is 4.18. The number of furan rings is 1. The van der Waals surface area contributed by atoms with Crippen molar-refractivity contribution in [3.8, 4) is 11.3 Å². The Morgan fingerprint density at radius 2 is 1.97 bits per heavy atom. The molecule has 1 atom stereocenters. The molecule has 1 unspecified atom stereocenters. The number of amides is 2. The molecule has 1 aliphatic heterocycles. The summed E-state index contributed by atoms with van der Waals surface area (Å²) in [6.45, 7) is 1.07. The quantitative estimate of drug-likeness (QED) is 0.498. The van der Waals surface area contributed by atoms with Crippen LogP contribution in [0.2, 0.25) is 0 Å². The van der Waals surface area contributed by atoms with Gasteiger partial charge in [0.2, 0.25) is 5.91 Å². The molecule has 0 aliphatic carbocycles. The molecule has 0 radical (unpaired) electrons. The summed E-state index contributed by atoms with van der Waals surface area (Å²) in [4.78, 5) is 30.7. The van der Waals surface area contributed by atoms with Crippen molar-refractivity contribution in [1.29, 1.82) is 0 Å². The summed E-state index contributed by atoms with van der Waals surface area (Å²) >= 11 is 0. The highest BCUT2D eigenvalue weighted by Crippen LogP contribution is 2.27. The summed E-state index contributed by atoms with van der Waals surface area (Å²) in [7, 11) is 0. The van der Waals surface area contributed by atoms with Gasteiger partial charge in [-0.3, -0.25) is 9.59 Å². The number of rotatable bonds is 4. The second-order valence-corrected chi connectivity index (χ2v) is 7.94. The average Bonchev–Trinajstić information content (AvgIpc) is 3.49. The molecule has 2 aromatic heterocycles. The maximum Gasteiger partial charge on any atom is 0.257 e. The zero-order chi connectivity index (χ0) is 21.2. The Balaban J connectivity index is 1.29. The first-order chi connectivity index (χ1) is 15.2. The Kier molecular flexibility index (Phi) is 5.04. The topological polar surface area (TPSA) is 78.3 Å². The molecule has 2 N–H and O–H groups in total. The van der Waals surface area contributed by atoms with Crippen LogP contribution in [0, 0.1) is 5.92 Å². The predicted molar refractivity (Wildman–Crippen MR) is 120 cm³/mol. The second kappa shape index (κ2) is 8.14. The number of likely N-dealkylation sites (tertiary alicyclic amines) is 1. The van der Waals surface area contributed by atoms with E-state index in [0.717, 1.165) is 40.7 Å². The van der Waals surface area contributed by atoms with Gasteiger partial charge in [-0.25, -0.2) is 0 Å². The molecular weight excluding hydrogens is 390 g/mol. The number of aromatic amines is 1. The number of carbonyl (C=O) groups excluding carboxylic acids is 2. The third-order valence-corrected chi connectivity index (χ3v) is 5.82. The molecule has 1 fully saturated rings. The number of aromatic nitrogens is 1. The lowest BCUT2D eigenvalue weighted by Crippen LogP contribution is -2.43. The molecule has 31 heavy (non-hydrogen) atoms. The number of fused-ring (bicyclic) bond motifs is 1. The summed E-state index contributed by atoms with van der Waals surface area (Å²) in [5.74, 6) is -0.383. The Labute approximate surface area is 179 Å². The van der Waals surface area contributed by atoms with Gasteiger partial charge in [0, 0.05) is 40.9 Å². The molecule has 156 valence electrons. The second-order valence-electron chi connectivity index (χ2n) is 7.94. The van der Waals surface area contributed by atoms with Gasteiger partial charge in [-0.1, -0.05) is 30.3 Å². The van der Waals surface area contributed by atoms with Crippen molar-refractivity contribution in [3.63, 3.8) is 0 Å². The number of H-pyrrole nitrogens is 1. The lowest BCUT2D eigenvalue weighted by molar-refractivity contribution is -0.121. The molecule has 2 aromatic carbocycles. The van der Waals surface area contributed by atoms with Crippen LogP contribution >= 0.6 is 0 Å². The Morgan fingerprint density at radius 1 is 1.06 bits per heavy atom. The fourth-order valence-electron chi connectivity index (χ4n) is 4.18. The van der Waals surface area contributed by atoms with Gasteiger partial charge in [-0.2, -0.15) is 0 Å². The van der Waals surface area contributed by atoms with Crippen LogP contribution in [0.25, 0.3) is 22.2 Å². The number of nitrogens with one attached hydrogen (secondary N) is 2. The van der Waals surface area contributed by atoms with Crippen LogP contribution in [-0.4, -0.2) is 34.8 Å². The molecule has 5 rings (SSSR count). The SMILES string of the molecule is O=C(Nc1cccc(-c2cc3ccccc3[nH]2)c1)C1CCCN(C(=O)c2ccoc2)C1. The molecule has 0 spiro atoms. The van der Waals surface area contributed by atoms with Crippen LogP contribution in [-0.2, 0) is 4.79 Å². The number of nitrogens with zero attached hydrogens (tertiary/aromatic N) is 1. The van der Waals surface area contributed by atoms with Crippen LogP contribution in [0.3, 0.4) is 0 Å². The van der Waals surface area contributed by atoms with E-state index in [1.165, 1.54) is 12.5 Å². The van der Waals surface area contributed by atoms with Crippen molar-refractivity contribution in [2.24, 2.45) is 5.92 Å². The van der Waals surface area contributed by atoms with E-state index in [9.17, 15) is 9.59 Å². The van der Waals surface area contributed by atoms with Crippen molar-refractivity contribution in [1.82, 2.24) is 9.88 Å². The molecule has 1 saturated heterocycles. The van der Waals surface area contributed by atoms with E-state index in [1.807, 2.05) is 42.5 Å². The maximum absolute atomic E-state index is 12.9. The summed E-state index contributed by atoms with van der Waals surface area (Å²) < 4.78 is 5.02. The third kappa shape index (κ3) is 3.97. The number of hydrogen-bond donors (Lipinski definition) is 2. The normalized spacial score (nSPS) is 16.4. The fraction of sp³-hybridized carbons (Fsp3) is 0.200. The van der Waals surface area contributed by atoms with Crippen molar-refractivity contribution >= 4 is 28.4 Å². The lowest BCUT2D eigenvalue weighted by atomic mass is 9.96. The summed E-state index contributed by atoms with van der Waals surface area (Å²) in [6, 6.07) is 19.7. The van der Waals surface area contributed by atoms with Gasteiger partial charge < -0.3 is 19.6 Å². The number of hydrogen-bond acceptors (Lipinski definition) is 3. The van der Waals surface area contributed by atoms with E-state index < -0.39 is 0 Å². The first-order valence-electron chi connectivity index (χ1n) is 10.5. The Bertz CT molecular complexity index is 1190. The lowest BCUT2D eigenvalue weighted by Gasteiger charge is -2.31. The summed E-state index contributed by atoms with van der Waals surface area (Å²) in [5.41, 5.74) is 4.37. The minimum atomic E-state index is -0.235. The van der Waals surface area contributed by atoms with E-state index in [4.69, 9.17) is 4.42 Å². The van der Waals surface area contributed by atoms with Gasteiger partial charge in [0.25, 0.3) is 5.91 Å². The molecule has 1 aliphatic rings. The van der Waals surface area contributed by atoms with Gasteiger partial charge >= 0.3 is 0 Å². The van der Waals surface area contributed by atoms with Gasteiger partial charge in [-0.05, 0) is 43.2 Å². The third-order valence-electron chi connectivity index (χ3n) is 5.82. The predicted octanol–water partition coefficient (Wildman–Crippen LogP) is 4.92. The first kappa shape index (κ1) is 19.2. The van der Waals surface area contributed by atoms with E-state index in [-0.39, 0.29) is 17.7 Å². The van der Waals surface area contributed by atoms with Gasteiger partial charge in [0.1, 0.15) is 6.26 Å². The highest BCUT2D eigenvalue weighted by molar-refractivity contribution is 5.96. The first-order valence-corrected chi connectivity index (χ1v) is 10.5. The molecule has 6 heteroatoms. The maximum atomic E-state index is 12.9. The van der Waals surface area contributed by atoms with E-state index in [1.54, 1.807) is 11.0 Å². The smallest absolute Gasteiger partial charge is 0.257 e. The largest absolute Gasteiger partial charge is 0.472 e. The van der Waals surface area contributed by atoms with Gasteiger partial charge in [-0.15, -0.1) is 0 Å².